The van der Waals surface area contributed by atoms with Crippen molar-refractivity contribution in [3.63, 3.8) is 0 Å². The van der Waals surface area contributed by atoms with Crippen LogP contribution in [0, 0.1) is 22.7 Å². The third-order valence-electron chi connectivity index (χ3n) is 2.31. The van der Waals surface area contributed by atoms with Crippen LogP contribution in [0.15, 0.2) is 10.2 Å². The SMILES string of the molecule is CCCCC(C#N)N=NC(C#N)CCCC. The molecule has 0 fully saturated rings. The van der Waals surface area contributed by atoms with Gasteiger partial charge >= 0.3 is 0 Å². The van der Waals surface area contributed by atoms with E-state index < -0.39 is 0 Å². The molecule has 0 spiro atoms. The Labute approximate surface area is 98.0 Å². The maximum absolute atomic E-state index is 8.83. The molecule has 0 saturated carbocycles. The highest BCUT2D eigenvalue weighted by molar-refractivity contribution is 4.92. The van der Waals surface area contributed by atoms with Crippen LogP contribution in [0.25, 0.3) is 0 Å². The molecular formula is C12H20N4. The second kappa shape index (κ2) is 10.1. The molecule has 0 aromatic rings. The lowest BCUT2D eigenvalue weighted by molar-refractivity contribution is 0.589. The zero-order valence-corrected chi connectivity index (χ0v) is 10.2. The molecule has 0 amide bonds. The zero-order valence-electron chi connectivity index (χ0n) is 10.2. The van der Waals surface area contributed by atoms with Gasteiger partial charge in [0.2, 0.25) is 0 Å². The van der Waals surface area contributed by atoms with Gasteiger partial charge in [-0.25, -0.2) is 0 Å². The van der Waals surface area contributed by atoms with Crippen LogP contribution in [0.1, 0.15) is 52.4 Å². The highest BCUT2D eigenvalue weighted by Gasteiger charge is 2.07. The summed E-state index contributed by atoms with van der Waals surface area (Å²) in [5.74, 6) is 0. The van der Waals surface area contributed by atoms with Crippen molar-refractivity contribution in [2.75, 3.05) is 0 Å². The Morgan fingerprint density at radius 3 is 1.50 bits per heavy atom. The summed E-state index contributed by atoms with van der Waals surface area (Å²) in [5.41, 5.74) is 0. The van der Waals surface area contributed by atoms with Gasteiger partial charge in [0.05, 0.1) is 12.1 Å². The van der Waals surface area contributed by atoms with Gasteiger partial charge in [0, 0.05) is 0 Å². The van der Waals surface area contributed by atoms with E-state index in [1.807, 2.05) is 0 Å². The molecule has 16 heavy (non-hydrogen) atoms. The van der Waals surface area contributed by atoms with Crippen LogP contribution in [0.5, 0.6) is 0 Å². The molecule has 0 bridgehead atoms. The first-order valence-electron chi connectivity index (χ1n) is 5.97. The number of unbranched alkanes of at least 4 members (excludes halogenated alkanes) is 2. The zero-order chi connectivity index (χ0) is 12.2. The average molecular weight is 220 g/mol. The Kier molecular flexibility index (Phi) is 9.21. The minimum atomic E-state index is -0.377. The lowest BCUT2D eigenvalue weighted by atomic mass is 10.1. The average Bonchev–Trinajstić information content (AvgIpc) is 2.33. The van der Waals surface area contributed by atoms with E-state index in [0.29, 0.717) is 0 Å². The molecule has 4 heteroatoms. The first kappa shape index (κ1) is 14.6. The van der Waals surface area contributed by atoms with Gasteiger partial charge in [-0.3, -0.25) is 0 Å². The van der Waals surface area contributed by atoms with Crippen LogP contribution in [-0.4, -0.2) is 12.1 Å². The normalized spacial score (nSPS) is 14.2. The lowest BCUT2D eigenvalue weighted by Crippen LogP contribution is -2.04. The molecule has 4 nitrogen and oxygen atoms in total. The highest BCUT2D eigenvalue weighted by atomic mass is 15.1. The summed E-state index contributed by atoms with van der Waals surface area (Å²) in [4.78, 5) is 0. The minimum Gasteiger partial charge on any atom is -0.196 e. The molecule has 0 radical (unpaired) electrons. The van der Waals surface area contributed by atoms with Crippen LogP contribution >= 0.6 is 0 Å². The van der Waals surface area contributed by atoms with E-state index in [9.17, 15) is 0 Å². The Morgan fingerprint density at radius 1 is 0.875 bits per heavy atom. The van der Waals surface area contributed by atoms with Gasteiger partial charge in [0.25, 0.3) is 0 Å². The molecular weight excluding hydrogens is 200 g/mol. The van der Waals surface area contributed by atoms with Crippen LogP contribution in [-0.2, 0) is 0 Å². The lowest BCUT2D eigenvalue weighted by Gasteiger charge is -2.03. The van der Waals surface area contributed by atoms with E-state index in [1.165, 1.54) is 0 Å². The van der Waals surface area contributed by atoms with E-state index in [2.05, 4.69) is 36.2 Å². The maximum Gasteiger partial charge on any atom is 0.157 e. The van der Waals surface area contributed by atoms with Gasteiger partial charge in [-0.05, 0) is 12.8 Å². The number of nitrogens with zero attached hydrogens (tertiary/aromatic N) is 4. The van der Waals surface area contributed by atoms with Crippen molar-refractivity contribution in [1.82, 2.24) is 0 Å². The number of rotatable bonds is 8. The molecule has 2 atom stereocenters. The largest absolute Gasteiger partial charge is 0.196 e. The van der Waals surface area contributed by atoms with Crippen molar-refractivity contribution in [2.24, 2.45) is 10.2 Å². The van der Waals surface area contributed by atoms with Crippen molar-refractivity contribution >= 4 is 0 Å². The van der Waals surface area contributed by atoms with E-state index in [4.69, 9.17) is 10.5 Å². The van der Waals surface area contributed by atoms with Gasteiger partial charge in [-0.2, -0.15) is 20.8 Å². The predicted octanol–water partition coefficient (Wildman–Crippen LogP) is 3.60. The summed E-state index contributed by atoms with van der Waals surface area (Å²) in [6.45, 7) is 4.15. The van der Waals surface area contributed by atoms with Crippen LogP contribution in [0.2, 0.25) is 0 Å². The topological polar surface area (TPSA) is 72.3 Å². The molecule has 0 N–H and O–H groups in total. The van der Waals surface area contributed by atoms with E-state index in [-0.39, 0.29) is 12.1 Å². The molecule has 0 aliphatic carbocycles. The quantitative estimate of drug-likeness (QED) is 0.586. The van der Waals surface area contributed by atoms with Crippen LogP contribution in [0.4, 0.5) is 0 Å². The molecule has 0 aliphatic heterocycles. The monoisotopic (exact) mass is 220 g/mol. The van der Waals surface area contributed by atoms with Crippen LogP contribution < -0.4 is 0 Å². The summed E-state index contributed by atoms with van der Waals surface area (Å²) in [6, 6.07) is 3.45. The van der Waals surface area contributed by atoms with Crippen LogP contribution in [0.3, 0.4) is 0 Å². The standard InChI is InChI=1S/C12H20N4/c1-3-5-7-11(9-13)15-16-12(10-14)8-6-4-2/h11-12H,3-8H2,1-2H3. The molecule has 0 aromatic heterocycles. The number of hydrogen-bond donors (Lipinski definition) is 0. The summed E-state index contributed by atoms with van der Waals surface area (Å²) >= 11 is 0. The third-order valence-corrected chi connectivity index (χ3v) is 2.31. The van der Waals surface area contributed by atoms with Gasteiger partial charge in [0.1, 0.15) is 0 Å². The summed E-state index contributed by atoms with van der Waals surface area (Å²) in [6.07, 6.45) is 5.52. The number of azo groups is 1. The van der Waals surface area contributed by atoms with Gasteiger partial charge in [-0.15, -0.1) is 0 Å². The third kappa shape index (κ3) is 6.95. The predicted molar refractivity (Wildman–Crippen MR) is 62.7 cm³/mol. The first-order valence-corrected chi connectivity index (χ1v) is 5.97. The first-order chi connectivity index (χ1) is 7.78. The fourth-order valence-corrected chi connectivity index (χ4v) is 1.25. The Hall–Kier alpha value is -1.42. The van der Waals surface area contributed by atoms with E-state index in [0.717, 1.165) is 38.5 Å². The minimum absolute atomic E-state index is 0.377. The summed E-state index contributed by atoms with van der Waals surface area (Å²) < 4.78 is 0. The molecule has 0 heterocycles. The second-order valence-corrected chi connectivity index (χ2v) is 3.81. The Balaban J connectivity index is 4.09. The molecule has 2 unspecified atom stereocenters. The Bertz CT molecular complexity index is 244. The Morgan fingerprint density at radius 2 is 1.25 bits per heavy atom. The van der Waals surface area contributed by atoms with Crippen molar-refractivity contribution in [3.8, 4) is 12.1 Å². The molecule has 0 aliphatic rings. The highest BCUT2D eigenvalue weighted by Crippen LogP contribution is 2.08. The van der Waals surface area contributed by atoms with E-state index >= 15 is 0 Å². The van der Waals surface area contributed by atoms with E-state index in [1.54, 1.807) is 0 Å². The molecule has 88 valence electrons. The van der Waals surface area contributed by atoms with Crippen molar-refractivity contribution in [2.45, 2.75) is 64.5 Å². The van der Waals surface area contributed by atoms with Crippen molar-refractivity contribution in [1.29, 1.82) is 10.5 Å². The van der Waals surface area contributed by atoms with Gasteiger partial charge in [0.15, 0.2) is 12.1 Å². The fraction of sp³-hybridized carbons (Fsp3) is 0.833. The van der Waals surface area contributed by atoms with Gasteiger partial charge in [-0.1, -0.05) is 39.5 Å². The smallest absolute Gasteiger partial charge is 0.157 e. The molecule has 0 saturated heterocycles. The van der Waals surface area contributed by atoms with Crippen molar-refractivity contribution < 1.29 is 0 Å². The van der Waals surface area contributed by atoms with Crippen molar-refractivity contribution in [3.05, 3.63) is 0 Å². The number of nitriles is 2. The molecule has 0 rings (SSSR count). The number of hydrogen-bond acceptors (Lipinski definition) is 4. The second-order valence-electron chi connectivity index (χ2n) is 3.81. The fourth-order valence-electron chi connectivity index (χ4n) is 1.25. The summed E-state index contributed by atoms with van der Waals surface area (Å²) in [7, 11) is 0. The van der Waals surface area contributed by atoms with Gasteiger partial charge < -0.3 is 0 Å². The molecule has 0 aromatic carbocycles. The summed E-state index contributed by atoms with van der Waals surface area (Å²) in [5, 5.41) is 25.5. The maximum atomic E-state index is 8.83.